The third-order valence-electron chi connectivity index (χ3n) is 5.28. The molecule has 3 aromatic rings. The second-order valence-electron chi connectivity index (χ2n) is 7.80. The number of aliphatic carboxylic acids is 1. The van der Waals surface area contributed by atoms with Crippen LogP contribution in [-0.2, 0) is 19.1 Å². The van der Waals surface area contributed by atoms with E-state index >= 15 is 0 Å². The number of hydrogen-bond donors (Lipinski definition) is 2. The summed E-state index contributed by atoms with van der Waals surface area (Å²) >= 11 is 7.09. The van der Waals surface area contributed by atoms with Crippen LogP contribution < -0.4 is 5.32 Å². The Kier molecular flexibility index (Phi) is 8.49. The molecule has 0 saturated carbocycles. The number of nitrogens with zero attached hydrogens (tertiary/aromatic N) is 2. The average molecular weight is 576 g/mol. The topological polar surface area (TPSA) is 109 Å². The number of nitrogens with one attached hydrogen (secondary N) is 1. The quantitative estimate of drug-likeness (QED) is 0.210. The second kappa shape index (κ2) is 11.8. The number of esters is 1. The summed E-state index contributed by atoms with van der Waals surface area (Å²) in [5.41, 5.74) is 1.34. The molecule has 4 rings (SSSR count). The van der Waals surface area contributed by atoms with Crippen molar-refractivity contribution in [3.8, 4) is 0 Å². The van der Waals surface area contributed by atoms with Crippen molar-refractivity contribution >= 4 is 68.2 Å². The van der Waals surface area contributed by atoms with Crippen molar-refractivity contribution in [3.63, 3.8) is 0 Å². The monoisotopic (exact) mass is 575 g/mol. The van der Waals surface area contributed by atoms with Crippen LogP contribution in [0.2, 0.25) is 0 Å². The van der Waals surface area contributed by atoms with Gasteiger partial charge in [0.2, 0.25) is 0 Å². The molecule has 2 aromatic carbocycles. The van der Waals surface area contributed by atoms with Crippen LogP contribution in [0, 0.1) is 11.6 Å². The molecule has 0 unspecified atom stereocenters. The summed E-state index contributed by atoms with van der Waals surface area (Å²) < 4.78 is 32.3. The van der Waals surface area contributed by atoms with Crippen molar-refractivity contribution in [2.45, 2.75) is 13.0 Å². The lowest BCUT2D eigenvalue weighted by Gasteiger charge is -2.19. The first kappa shape index (κ1) is 27.4. The van der Waals surface area contributed by atoms with Gasteiger partial charge in [0.1, 0.15) is 28.1 Å². The third kappa shape index (κ3) is 6.06. The first-order chi connectivity index (χ1) is 18.2. The number of aromatic nitrogens is 1. The molecular formula is C25H19F2N3O5S3. The van der Waals surface area contributed by atoms with Crippen LogP contribution in [-0.4, -0.2) is 50.3 Å². The van der Waals surface area contributed by atoms with Crippen molar-refractivity contribution < 1.29 is 33.0 Å². The van der Waals surface area contributed by atoms with E-state index in [1.807, 2.05) is 0 Å². The van der Waals surface area contributed by atoms with Gasteiger partial charge < -0.3 is 15.2 Å². The van der Waals surface area contributed by atoms with Crippen LogP contribution in [0.25, 0.3) is 5.57 Å². The van der Waals surface area contributed by atoms with E-state index in [2.05, 4.69) is 10.3 Å². The van der Waals surface area contributed by atoms with E-state index in [1.165, 1.54) is 24.3 Å². The van der Waals surface area contributed by atoms with E-state index in [0.717, 1.165) is 28.0 Å². The Bertz CT molecular complexity index is 1380. The molecule has 1 fully saturated rings. The number of benzene rings is 2. The molecule has 1 aromatic heterocycles. The second-order valence-corrected chi connectivity index (χ2v) is 10.3. The summed E-state index contributed by atoms with van der Waals surface area (Å²) in [6, 6.07) is 11.0. The van der Waals surface area contributed by atoms with Gasteiger partial charge in [0.25, 0.3) is 5.91 Å². The third-order valence-corrected chi connectivity index (χ3v) is 7.51. The molecule has 2 heterocycles. The number of rotatable bonds is 9. The van der Waals surface area contributed by atoms with Crippen molar-refractivity contribution in [1.29, 1.82) is 0 Å². The fraction of sp³-hybridized carbons (Fsp3) is 0.160. The molecule has 0 radical (unpaired) electrons. The maximum absolute atomic E-state index is 13.6. The zero-order valence-corrected chi connectivity index (χ0v) is 22.1. The predicted molar refractivity (Wildman–Crippen MR) is 143 cm³/mol. The molecule has 8 nitrogen and oxygen atoms in total. The van der Waals surface area contributed by atoms with E-state index in [0.29, 0.717) is 16.3 Å². The van der Waals surface area contributed by atoms with E-state index in [4.69, 9.17) is 22.1 Å². The summed E-state index contributed by atoms with van der Waals surface area (Å²) in [4.78, 5) is 42.3. The van der Waals surface area contributed by atoms with Gasteiger partial charge in [-0.3, -0.25) is 14.5 Å². The van der Waals surface area contributed by atoms with Gasteiger partial charge in [0.15, 0.2) is 5.13 Å². The van der Waals surface area contributed by atoms with Crippen LogP contribution in [0.3, 0.4) is 0 Å². The lowest BCUT2D eigenvalue weighted by atomic mass is 9.99. The van der Waals surface area contributed by atoms with E-state index in [-0.39, 0.29) is 27.1 Å². The fourth-order valence-electron chi connectivity index (χ4n) is 3.59. The summed E-state index contributed by atoms with van der Waals surface area (Å²) in [6.45, 7) is 0.991. The molecule has 1 saturated heterocycles. The Labute approximate surface area is 229 Å². The number of carboxylic acid groups (broad SMARTS) is 1. The minimum atomic E-state index is -1.26. The van der Waals surface area contributed by atoms with E-state index < -0.39 is 42.1 Å². The molecule has 0 spiro atoms. The number of anilines is 1. The molecule has 196 valence electrons. The summed E-state index contributed by atoms with van der Waals surface area (Å²) in [7, 11) is 0. The van der Waals surface area contributed by atoms with Crippen LogP contribution in [0.1, 0.15) is 29.8 Å². The molecule has 1 amide bonds. The number of thiazole rings is 1. The number of hydrogen-bond acceptors (Lipinski definition) is 9. The van der Waals surface area contributed by atoms with Gasteiger partial charge in [0, 0.05) is 5.38 Å². The van der Waals surface area contributed by atoms with Crippen LogP contribution in [0.4, 0.5) is 13.9 Å². The Balaban J connectivity index is 1.71. The normalized spacial score (nSPS) is 14.7. The first-order valence-corrected chi connectivity index (χ1v) is 13.2. The van der Waals surface area contributed by atoms with Gasteiger partial charge >= 0.3 is 11.9 Å². The van der Waals surface area contributed by atoms with Gasteiger partial charge in [0.05, 0.1) is 23.2 Å². The molecule has 0 bridgehead atoms. The molecule has 0 aliphatic carbocycles. The van der Waals surface area contributed by atoms with Crippen LogP contribution >= 0.6 is 35.3 Å². The maximum Gasteiger partial charge on any atom is 0.341 e. The van der Waals surface area contributed by atoms with Gasteiger partial charge in [-0.05, 0) is 42.3 Å². The number of ether oxygens (including phenoxy) is 1. The van der Waals surface area contributed by atoms with Gasteiger partial charge in [-0.15, -0.1) is 11.3 Å². The number of thiocarbonyl (C=S) groups is 1. The van der Waals surface area contributed by atoms with Crippen molar-refractivity contribution in [1.82, 2.24) is 9.88 Å². The van der Waals surface area contributed by atoms with Crippen LogP contribution in [0.5, 0.6) is 0 Å². The summed E-state index contributed by atoms with van der Waals surface area (Å²) in [5.74, 6) is -3.63. The molecular weight excluding hydrogens is 556 g/mol. The van der Waals surface area contributed by atoms with E-state index in [9.17, 15) is 23.2 Å². The number of carbonyl (C=O) groups excluding carboxylic acids is 2. The zero-order valence-electron chi connectivity index (χ0n) is 19.6. The average Bonchev–Trinajstić information content (AvgIpc) is 3.44. The molecule has 2 N–H and O–H groups in total. The SMILES string of the molecule is CCOC(=O)/C(=C1/SC(=S)N(CC(=O)O)C1=O)c1csc(NC(c2ccc(F)cc2)c2ccc(F)cc2)n1. The highest BCUT2D eigenvalue weighted by Gasteiger charge is 2.38. The smallest absolute Gasteiger partial charge is 0.341 e. The molecule has 13 heteroatoms. The highest BCUT2D eigenvalue weighted by Crippen LogP contribution is 2.38. The van der Waals surface area contributed by atoms with Crippen molar-refractivity contribution in [2.24, 2.45) is 0 Å². The Morgan fingerprint density at radius 1 is 1.11 bits per heavy atom. The van der Waals surface area contributed by atoms with Gasteiger partial charge in [-0.1, -0.05) is 48.2 Å². The number of halogens is 2. The Morgan fingerprint density at radius 3 is 2.21 bits per heavy atom. The highest BCUT2D eigenvalue weighted by molar-refractivity contribution is 8.26. The van der Waals surface area contributed by atoms with Crippen LogP contribution in [0.15, 0.2) is 58.8 Å². The minimum Gasteiger partial charge on any atom is -0.480 e. The number of thioether (sulfide) groups is 1. The van der Waals surface area contributed by atoms with Gasteiger partial charge in [-0.25, -0.2) is 18.6 Å². The fourth-order valence-corrected chi connectivity index (χ4v) is 5.63. The number of carboxylic acids is 1. The lowest BCUT2D eigenvalue weighted by molar-refractivity contribution is -0.140. The zero-order chi connectivity index (χ0) is 27.4. The minimum absolute atomic E-state index is 0.00420. The first-order valence-electron chi connectivity index (χ1n) is 11.1. The van der Waals surface area contributed by atoms with Crippen molar-refractivity contribution in [3.05, 3.63) is 87.3 Å². The van der Waals surface area contributed by atoms with E-state index in [1.54, 1.807) is 36.6 Å². The number of amides is 1. The molecule has 0 atom stereocenters. The summed E-state index contributed by atoms with van der Waals surface area (Å²) in [5, 5.41) is 14.2. The van der Waals surface area contributed by atoms with Gasteiger partial charge in [-0.2, -0.15) is 0 Å². The molecule has 1 aliphatic rings. The summed E-state index contributed by atoms with van der Waals surface area (Å²) in [6.07, 6.45) is 0. The molecule has 1 aliphatic heterocycles. The Hall–Kier alpha value is -3.68. The highest BCUT2D eigenvalue weighted by atomic mass is 32.2. The lowest BCUT2D eigenvalue weighted by Crippen LogP contribution is -2.33. The Morgan fingerprint density at radius 2 is 1.68 bits per heavy atom. The largest absolute Gasteiger partial charge is 0.480 e. The molecule has 38 heavy (non-hydrogen) atoms. The predicted octanol–water partition coefficient (Wildman–Crippen LogP) is 4.84. The standard InChI is InChI=1S/C25H19F2N3O5S3/c1-2-35-23(34)19(21-22(33)30(11-18(31)32)25(36)38-21)17-12-37-24(28-17)29-20(13-3-7-15(26)8-4-13)14-5-9-16(27)10-6-14/h3-10,12,20H,2,11H2,1H3,(H,28,29)(H,31,32)/b21-19+. The number of carbonyl (C=O) groups is 3. The van der Waals surface area contributed by atoms with Crippen molar-refractivity contribution in [2.75, 3.05) is 18.5 Å². The maximum atomic E-state index is 13.6.